The highest BCUT2D eigenvalue weighted by Gasteiger charge is 2.43. The number of hydrogen-bond donors (Lipinski definition) is 1. The van der Waals surface area contributed by atoms with Crippen molar-refractivity contribution in [1.29, 1.82) is 0 Å². The van der Waals surface area contributed by atoms with Crippen LogP contribution < -0.4 is 5.32 Å². The molecule has 3 rings (SSSR count). The Morgan fingerprint density at radius 1 is 1.41 bits per heavy atom. The Labute approximate surface area is 115 Å². The predicted molar refractivity (Wildman–Crippen MR) is 74.5 cm³/mol. The van der Waals surface area contributed by atoms with Gasteiger partial charge in [0.25, 0.3) is 0 Å². The van der Waals surface area contributed by atoms with E-state index in [2.05, 4.69) is 32.9 Å². The van der Waals surface area contributed by atoms with Crippen molar-refractivity contribution < 1.29 is 4.79 Å². The second-order valence-corrected chi connectivity index (χ2v) is 6.27. The Kier molecular flexibility index (Phi) is 3.06. The zero-order valence-electron chi connectivity index (χ0n) is 9.53. The molecule has 4 heteroatoms. The van der Waals surface area contributed by atoms with Crippen molar-refractivity contribution in [2.45, 2.75) is 25.7 Å². The van der Waals surface area contributed by atoms with Gasteiger partial charge in [0.05, 0.1) is 3.57 Å². The van der Waals surface area contributed by atoms with Gasteiger partial charge in [0.1, 0.15) is 5.82 Å². The van der Waals surface area contributed by atoms with E-state index in [-0.39, 0.29) is 11.8 Å². The summed E-state index contributed by atoms with van der Waals surface area (Å²) in [4.78, 5) is 16.4. The van der Waals surface area contributed by atoms with E-state index in [9.17, 15) is 4.79 Å². The number of aromatic nitrogens is 1. The summed E-state index contributed by atoms with van der Waals surface area (Å²) >= 11 is 2.20. The van der Waals surface area contributed by atoms with E-state index in [4.69, 9.17) is 0 Å². The Bertz CT molecular complexity index is 449. The summed E-state index contributed by atoms with van der Waals surface area (Å²) in [5.41, 5.74) is 0. The van der Waals surface area contributed by atoms with Crippen molar-refractivity contribution in [3.8, 4) is 0 Å². The Balaban J connectivity index is 1.70. The molecule has 1 amide bonds. The smallest absolute Gasteiger partial charge is 0.228 e. The van der Waals surface area contributed by atoms with Gasteiger partial charge in [-0.3, -0.25) is 4.79 Å². The highest BCUT2D eigenvalue weighted by atomic mass is 127. The second-order valence-electron chi connectivity index (χ2n) is 5.10. The SMILES string of the molecule is O=C(Nc1ncccc1I)C1CC2CCC1C2. The van der Waals surface area contributed by atoms with Crippen LogP contribution in [0.15, 0.2) is 18.3 Å². The number of fused-ring (bicyclic) bond motifs is 2. The maximum Gasteiger partial charge on any atom is 0.228 e. The van der Waals surface area contributed by atoms with Crippen molar-refractivity contribution in [2.75, 3.05) is 5.32 Å². The van der Waals surface area contributed by atoms with Gasteiger partial charge in [0.15, 0.2) is 0 Å². The molecule has 17 heavy (non-hydrogen) atoms. The van der Waals surface area contributed by atoms with E-state index in [1.165, 1.54) is 19.3 Å². The van der Waals surface area contributed by atoms with Crippen molar-refractivity contribution in [2.24, 2.45) is 17.8 Å². The summed E-state index contributed by atoms with van der Waals surface area (Å²) in [6.45, 7) is 0. The first-order valence-corrected chi connectivity index (χ1v) is 7.23. The van der Waals surface area contributed by atoms with Gasteiger partial charge < -0.3 is 5.32 Å². The van der Waals surface area contributed by atoms with Crippen LogP contribution in [0.4, 0.5) is 5.82 Å². The lowest BCUT2D eigenvalue weighted by Gasteiger charge is -2.20. The average Bonchev–Trinajstić information content (AvgIpc) is 2.94. The fourth-order valence-corrected chi connectivity index (χ4v) is 3.73. The Morgan fingerprint density at radius 3 is 2.94 bits per heavy atom. The lowest BCUT2D eigenvalue weighted by Crippen LogP contribution is -2.27. The van der Waals surface area contributed by atoms with Crippen LogP contribution in [0, 0.1) is 21.3 Å². The van der Waals surface area contributed by atoms with Crippen LogP contribution in [0.1, 0.15) is 25.7 Å². The third-order valence-electron chi connectivity index (χ3n) is 4.07. The molecule has 0 saturated heterocycles. The van der Waals surface area contributed by atoms with E-state index in [1.54, 1.807) is 6.20 Å². The van der Waals surface area contributed by atoms with E-state index < -0.39 is 0 Å². The molecule has 0 spiro atoms. The quantitative estimate of drug-likeness (QED) is 0.840. The lowest BCUT2D eigenvalue weighted by atomic mass is 9.88. The zero-order valence-corrected chi connectivity index (χ0v) is 11.7. The molecule has 2 fully saturated rings. The fourth-order valence-electron chi connectivity index (χ4n) is 3.25. The largest absolute Gasteiger partial charge is 0.310 e. The monoisotopic (exact) mass is 342 g/mol. The van der Waals surface area contributed by atoms with Crippen LogP contribution in [0.2, 0.25) is 0 Å². The number of amides is 1. The van der Waals surface area contributed by atoms with Crippen molar-refractivity contribution >= 4 is 34.3 Å². The van der Waals surface area contributed by atoms with E-state index in [0.29, 0.717) is 11.7 Å². The minimum Gasteiger partial charge on any atom is -0.310 e. The molecule has 1 aromatic rings. The maximum absolute atomic E-state index is 12.2. The minimum absolute atomic E-state index is 0.175. The molecule has 1 heterocycles. The summed E-state index contributed by atoms with van der Waals surface area (Å²) in [6.07, 6.45) is 6.63. The fraction of sp³-hybridized carbons (Fsp3) is 0.538. The number of nitrogens with one attached hydrogen (secondary N) is 1. The van der Waals surface area contributed by atoms with Crippen LogP contribution >= 0.6 is 22.6 Å². The van der Waals surface area contributed by atoms with Gasteiger partial charge in [-0.2, -0.15) is 0 Å². The summed E-state index contributed by atoms with van der Waals surface area (Å²) in [5.74, 6) is 2.54. The van der Waals surface area contributed by atoms with Gasteiger partial charge in [-0.15, -0.1) is 0 Å². The topological polar surface area (TPSA) is 42.0 Å². The highest BCUT2D eigenvalue weighted by molar-refractivity contribution is 14.1. The Morgan fingerprint density at radius 2 is 2.29 bits per heavy atom. The third-order valence-corrected chi connectivity index (χ3v) is 4.95. The lowest BCUT2D eigenvalue weighted by molar-refractivity contribution is -0.121. The molecule has 0 aliphatic heterocycles. The second kappa shape index (κ2) is 4.55. The minimum atomic E-state index is 0.175. The van der Waals surface area contributed by atoms with E-state index >= 15 is 0 Å². The first kappa shape index (κ1) is 11.4. The molecule has 2 bridgehead atoms. The van der Waals surface area contributed by atoms with Crippen LogP contribution in [0.25, 0.3) is 0 Å². The molecule has 0 radical (unpaired) electrons. The summed E-state index contributed by atoms with van der Waals surface area (Å²) < 4.78 is 1.00. The van der Waals surface area contributed by atoms with Gasteiger partial charge >= 0.3 is 0 Å². The number of rotatable bonds is 2. The number of carbonyl (C=O) groups excluding carboxylic acids is 1. The van der Waals surface area contributed by atoms with E-state index in [0.717, 1.165) is 15.9 Å². The van der Waals surface area contributed by atoms with Crippen molar-refractivity contribution in [3.05, 3.63) is 21.9 Å². The summed E-state index contributed by atoms with van der Waals surface area (Å²) in [7, 11) is 0. The molecule has 3 atom stereocenters. The molecule has 0 aromatic carbocycles. The van der Waals surface area contributed by atoms with Crippen LogP contribution in [0.3, 0.4) is 0 Å². The van der Waals surface area contributed by atoms with Crippen LogP contribution in [0.5, 0.6) is 0 Å². The van der Waals surface area contributed by atoms with Gasteiger partial charge in [-0.1, -0.05) is 6.42 Å². The van der Waals surface area contributed by atoms with E-state index in [1.807, 2.05) is 12.1 Å². The third kappa shape index (κ3) is 2.19. The molecule has 3 nitrogen and oxygen atoms in total. The first-order valence-electron chi connectivity index (χ1n) is 6.15. The Hall–Kier alpha value is -0.650. The molecular formula is C13H15IN2O. The molecule has 1 aromatic heterocycles. The number of halogens is 1. The standard InChI is InChI=1S/C13H15IN2O/c14-11-2-1-5-15-12(11)16-13(17)10-7-8-3-4-9(10)6-8/h1-2,5,8-10H,3-4,6-7H2,(H,15,16,17). The summed E-state index contributed by atoms with van der Waals surface area (Å²) in [5, 5.41) is 2.98. The van der Waals surface area contributed by atoms with Gasteiger partial charge in [-0.05, 0) is 65.8 Å². The predicted octanol–water partition coefficient (Wildman–Crippen LogP) is 3.06. The number of anilines is 1. The van der Waals surface area contributed by atoms with Crippen LogP contribution in [-0.4, -0.2) is 10.9 Å². The summed E-state index contributed by atoms with van der Waals surface area (Å²) in [6, 6.07) is 3.85. The molecule has 3 unspecified atom stereocenters. The molecular weight excluding hydrogens is 327 g/mol. The number of pyridine rings is 1. The number of hydrogen-bond acceptors (Lipinski definition) is 2. The van der Waals surface area contributed by atoms with Crippen molar-refractivity contribution in [1.82, 2.24) is 4.98 Å². The molecule has 90 valence electrons. The molecule has 2 aliphatic rings. The maximum atomic E-state index is 12.2. The first-order chi connectivity index (χ1) is 8.24. The van der Waals surface area contributed by atoms with Gasteiger partial charge in [-0.25, -0.2) is 4.98 Å². The molecule has 1 N–H and O–H groups in total. The van der Waals surface area contributed by atoms with Gasteiger partial charge in [0, 0.05) is 12.1 Å². The molecule has 2 saturated carbocycles. The average molecular weight is 342 g/mol. The molecule has 2 aliphatic carbocycles. The van der Waals surface area contributed by atoms with Crippen molar-refractivity contribution in [3.63, 3.8) is 0 Å². The van der Waals surface area contributed by atoms with Crippen LogP contribution in [-0.2, 0) is 4.79 Å². The highest BCUT2D eigenvalue weighted by Crippen LogP contribution is 2.48. The van der Waals surface area contributed by atoms with Gasteiger partial charge in [0.2, 0.25) is 5.91 Å². The number of nitrogens with zero attached hydrogens (tertiary/aromatic N) is 1. The number of carbonyl (C=O) groups is 1. The zero-order chi connectivity index (χ0) is 11.8. The normalized spacial score (nSPS) is 30.5.